The second-order valence-corrected chi connectivity index (χ2v) is 8.25. The van der Waals surface area contributed by atoms with E-state index in [-0.39, 0.29) is 17.2 Å². The predicted molar refractivity (Wildman–Crippen MR) is 108 cm³/mol. The molecule has 0 bridgehead atoms. The zero-order valence-corrected chi connectivity index (χ0v) is 16.3. The molecule has 3 heterocycles. The molecule has 0 saturated carbocycles. The number of hydrogen-bond acceptors (Lipinski definition) is 4. The smallest absolute Gasteiger partial charge is 0.121 e. The molecule has 5 heteroatoms. The van der Waals surface area contributed by atoms with Gasteiger partial charge in [-0.3, -0.25) is 4.68 Å². The maximum atomic E-state index is 10.0. The Morgan fingerprint density at radius 2 is 2.07 bits per heavy atom. The summed E-state index contributed by atoms with van der Waals surface area (Å²) in [4.78, 5) is 2.24. The van der Waals surface area contributed by atoms with Crippen LogP contribution in [-0.4, -0.2) is 32.9 Å². The summed E-state index contributed by atoms with van der Waals surface area (Å²) in [5.41, 5.74) is 4.44. The average Bonchev–Trinajstić information content (AvgIpc) is 2.96. The van der Waals surface area contributed by atoms with Crippen LogP contribution in [0.2, 0.25) is 0 Å². The number of nitrogens with zero attached hydrogens (tertiary/aromatic N) is 3. The summed E-state index contributed by atoms with van der Waals surface area (Å²) >= 11 is 0. The average molecular weight is 363 g/mol. The van der Waals surface area contributed by atoms with Crippen LogP contribution in [-0.2, 0) is 6.54 Å². The van der Waals surface area contributed by atoms with Crippen molar-refractivity contribution in [1.29, 1.82) is 0 Å². The number of methoxy groups -OCH3 is 1. The van der Waals surface area contributed by atoms with Gasteiger partial charge in [0.25, 0.3) is 0 Å². The number of fused-ring (bicyclic) bond motifs is 5. The van der Waals surface area contributed by atoms with Crippen LogP contribution in [0.4, 0.5) is 0 Å². The molecule has 0 radical (unpaired) electrons. The molecule has 1 aromatic carbocycles. The first kappa shape index (κ1) is 17.5. The van der Waals surface area contributed by atoms with Gasteiger partial charge < -0.3 is 14.7 Å². The zero-order chi connectivity index (χ0) is 19.5. The number of aliphatic hydroxyl groups excluding tert-OH is 1. The van der Waals surface area contributed by atoms with E-state index >= 15 is 0 Å². The van der Waals surface area contributed by atoms with E-state index < -0.39 is 0 Å². The molecule has 2 aromatic rings. The van der Waals surface area contributed by atoms with Gasteiger partial charge in [0, 0.05) is 23.2 Å². The lowest BCUT2D eigenvalue weighted by molar-refractivity contribution is 0.156. The fourth-order valence-electron chi connectivity index (χ4n) is 3.90. The van der Waals surface area contributed by atoms with Crippen LogP contribution in [0.5, 0.6) is 5.75 Å². The van der Waals surface area contributed by atoms with Crippen LogP contribution in [0.1, 0.15) is 26.5 Å². The van der Waals surface area contributed by atoms with E-state index in [2.05, 4.69) is 49.6 Å². The van der Waals surface area contributed by atoms with Crippen molar-refractivity contribution in [3.63, 3.8) is 0 Å². The van der Waals surface area contributed by atoms with Gasteiger partial charge in [0.1, 0.15) is 11.5 Å². The lowest BCUT2D eigenvalue weighted by Gasteiger charge is -2.46. The fraction of sp³-hybridized carbons (Fsp3) is 0.318. The highest BCUT2D eigenvalue weighted by atomic mass is 16.5. The first-order valence-corrected chi connectivity index (χ1v) is 9.05. The molecule has 0 saturated heterocycles. The summed E-state index contributed by atoms with van der Waals surface area (Å²) in [6.45, 7) is 15.2. The third kappa shape index (κ3) is 2.65. The van der Waals surface area contributed by atoms with Crippen molar-refractivity contribution in [3.8, 4) is 5.75 Å². The van der Waals surface area contributed by atoms with Gasteiger partial charge in [0.15, 0.2) is 0 Å². The van der Waals surface area contributed by atoms with E-state index in [1.54, 1.807) is 7.11 Å². The van der Waals surface area contributed by atoms with Crippen LogP contribution >= 0.6 is 0 Å². The molecule has 2 aliphatic heterocycles. The molecule has 0 spiro atoms. The molecule has 0 aliphatic carbocycles. The van der Waals surface area contributed by atoms with Crippen LogP contribution in [0.3, 0.4) is 0 Å². The largest absolute Gasteiger partial charge is 0.508 e. The lowest BCUT2D eigenvalue weighted by atomic mass is 9.82. The minimum Gasteiger partial charge on any atom is -0.508 e. The number of benzene rings is 1. The van der Waals surface area contributed by atoms with Gasteiger partial charge in [0.2, 0.25) is 0 Å². The lowest BCUT2D eigenvalue weighted by Crippen LogP contribution is -2.47. The van der Waals surface area contributed by atoms with Crippen LogP contribution in [0, 0.1) is 5.41 Å². The molecule has 140 valence electrons. The van der Waals surface area contributed by atoms with Crippen LogP contribution < -0.4 is 4.74 Å². The minimum atomic E-state index is 0.00365. The number of ether oxygens (including phenoxy) is 1. The molecule has 27 heavy (non-hydrogen) atoms. The first-order chi connectivity index (χ1) is 12.7. The number of aromatic nitrogens is 2. The van der Waals surface area contributed by atoms with Crippen molar-refractivity contribution in [2.45, 2.75) is 33.4 Å². The molecule has 0 amide bonds. The highest BCUT2D eigenvalue weighted by Gasteiger charge is 2.39. The predicted octanol–water partition coefficient (Wildman–Crippen LogP) is 4.64. The number of allylic oxidation sites excluding steroid dienone is 2. The molecule has 1 N–H and O–H groups in total. The molecule has 1 aromatic heterocycles. The van der Waals surface area contributed by atoms with Gasteiger partial charge in [-0.2, -0.15) is 5.10 Å². The third-order valence-electron chi connectivity index (χ3n) is 5.38. The monoisotopic (exact) mass is 363 g/mol. The SMILES string of the molecule is C=C(O)C1=CN2C(=CC1=C)c1c3ccc(OC)cc3nn1CC2C(C)(C)C. The van der Waals surface area contributed by atoms with Crippen molar-refractivity contribution in [2.75, 3.05) is 7.11 Å². The first-order valence-electron chi connectivity index (χ1n) is 9.05. The van der Waals surface area contributed by atoms with Gasteiger partial charge in [-0.15, -0.1) is 0 Å². The Labute approximate surface area is 159 Å². The topological polar surface area (TPSA) is 50.5 Å². The van der Waals surface area contributed by atoms with Gasteiger partial charge >= 0.3 is 0 Å². The van der Waals surface area contributed by atoms with Crippen molar-refractivity contribution in [2.24, 2.45) is 5.41 Å². The number of rotatable bonds is 2. The molecule has 2 aliphatic rings. The number of hydrogen-bond donors (Lipinski definition) is 1. The summed E-state index contributed by atoms with van der Waals surface area (Å²) in [6, 6.07) is 6.15. The maximum Gasteiger partial charge on any atom is 0.121 e. The van der Waals surface area contributed by atoms with E-state index in [0.717, 1.165) is 40.2 Å². The Kier molecular flexibility index (Phi) is 3.74. The second-order valence-electron chi connectivity index (χ2n) is 8.25. The highest BCUT2D eigenvalue weighted by Crippen LogP contribution is 2.43. The summed E-state index contributed by atoms with van der Waals surface area (Å²) < 4.78 is 7.44. The van der Waals surface area contributed by atoms with Crippen LogP contribution in [0.25, 0.3) is 16.6 Å². The van der Waals surface area contributed by atoms with E-state index in [9.17, 15) is 5.11 Å². The Morgan fingerprint density at radius 3 is 2.70 bits per heavy atom. The Morgan fingerprint density at radius 1 is 1.33 bits per heavy atom. The third-order valence-corrected chi connectivity index (χ3v) is 5.38. The van der Waals surface area contributed by atoms with Crippen LogP contribution in [0.15, 0.2) is 60.5 Å². The van der Waals surface area contributed by atoms with Crippen molar-refractivity contribution >= 4 is 16.6 Å². The highest BCUT2D eigenvalue weighted by molar-refractivity contribution is 5.93. The van der Waals surface area contributed by atoms with E-state index in [1.165, 1.54) is 0 Å². The molecular weight excluding hydrogens is 338 g/mol. The van der Waals surface area contributed by atoms with Gasteiger partial charge in [0.05, 0.1) is 36.6 Å². The molecule has 4 rings (SSSR count). The van der Waals surface area contributed by atoms with Gasteiger partial charge in [-0.1, -0.05) is 33.9 Å². The van der Waals surface area contributed by atoms with Gasteiger partial charge in [-0.25, -0.2) is 0 Å². The Hall–Kier alpha value is -2.95. The molecule has 1 unspecified atom stereocenters. The standard InChI is InChI=1S/C22H25N3O2/c1-13-9-19-21-16-8-7-15(27-6)10-18(16)23-25(21)12-20(22(3,4)5)24(19)11-17(13)14(2)26/h7-11,20,26H,1-2,12H2,3-6H3. The summed E-state index contributed by atoms with van der Waals surface area (Å²) in [6.07, 6.45) is 3.99. The second kappa shape index (κ2) is 5.78. The zero-order valence-electron chi connectivity index (χ0n) is 16.3. The molecular formula is C22H25N3O2. The molecule has 0 fully saturated rings. The number of aliphatic hydroxyl groups is 1. The molecule has 1 atom stereocenters. The van der Waals surface area contributed by atoms with E-state index in [0.29, 0.717) is 5.57 Å². The van der Waals surface area contributed by atoms with E-state index in [1.807, 2.05) is 24.4 Å². The Balaban J connectivity index is 1.96. The van der Waals surface area contributed by atoms with Crippen molar-refractivity contribution in [1.82, 2.24) is 14.7 Å². The van der Waals surface area contributed by atoms with Crippen molar-refractivity contribution < 1.29 is 9.84 Å². The summed E-state index contributed by atoms with van der Waals surface area (Å²) in [5, 5.41) is 15.9. The maximum absolute atomic E-state index is 10.0. The molecule has 5 nitrogen and oxygen atoms in total. The summed E-state index contributed by atoms with van der Waals surface area (Å²) in [7, 11) is 1.66. The quantitative estimate of drug-likeness (QED) is 0.790. The minimum absolute atomic E-state index is 0.00365. The van der Waals surface area contributed by atoms with Gasteiger partial charge in [-0.05, 0) is 29.2 Å². The van der Waals surface area contributed by atoms with Crippen molar-refractivity contribution in [3.05, 3.63) is 66.2 Å². The van der Waals surface area contributed by atoms with E-state index in [4.69, 9.17) is 9.84 Å². The Bertz CT molecular complexity index is 1030. The fourth-order valence-corrected chi connectivity index (χ4v) is 3.90. The summed E-state index contributed by atoms with van der Waals surface area (Å²) in [5.74, 6) is 0.833. The normalized spacial score (nSPS) is 19.3.